The molecule has 30 heavy (non-hydrogen) atoms. The molecular formula is C24H37N3O3. The van der Waals surface area contributed by atoms with Gasteiger partial charge in [-0.15, -0.1) is 0 Å². The van der Waals surface area contributed by atoms with E-state index in [1.807, 2.05) is 12.1 Å². The molecule has 0 radical (unpaired) electrons. The average molecular weight is 416 g/mol. The lowest BCUT2D eigenvalue weighted by molar-refractivity contribution is -0.126. The minimum absolute atomic E-state index is 0.00515. The summed E-state index contributed by atoms with van der Waals surface area (Å²) < 4.78 is 5.28. The molecule has 2 amide bonds. The Bertz CT molecular complexity index is 685. The molecule has 1 aromatic carbocycles. The molecule has 6 heteroatoms. The predicted molar refractivity (Wildman–Crippen MR) is 118 cm³/mol. The summed E-state index contributed by atoms with van der Waals surface area (Å²) in [7, 11) is 3.82. The van der Waals surface area contributed by atoms with E-state index in [9.17, 15) is 9.59 Å². The van der Waals surface area contributed by atoms with Crippen molar-refractivity contribution in [2.75, 3.05) is 33.8 Å². The smallest absolute Gasteiger partial charge is 0.239 e. The van der Waals surface area contributed by atoms with Gasteiger partial charge in [0.2, 0.25) is 11.8 Å². The first kappa shape index (κ1) is 22.6. The van der Waals surface area contributed by atoms with E-state index < -0.39 is 0 Å². The van der Waals surface area contributed by atoms with Crippen LogP contribution >= 0.6 is 0 Å². The molecule has 2 unspecified atom stereocenters. The standard InChI is InChI=1S/C24H37N3O3/c1-27-14-6-9-20(24(27)19-10-12-21(30-2)13-11-19)16-25-23(29)17-26-22(28)15-18-7-4-3-5-8-18/h10-13,18,20,24H,3-9,14-17H2,1-2H3,(H,25,29)(H,26,28). The van der Waals surface area contributed by atoms with Gasteiger partial charge in [0, 0.05) is 19.0 Å². The maximum absolute atomic E-state index is 12.3. The van der Waals surface area contributed by atoms with Crippen LogP contribution in [0.2, 0.25) is 0 Å². The van der Waals surface area contributed by atoms with Gasteiger partial charge in [0.15, 0.2) is 0 Å². The predicted octanol–water partition coefficient (Wildman–Crippen LogP) is 3.28. The third-order valence-corrected chi connectivity index (χ3v) is 6.67. The van der Waals surface area contributed by atoms with E-state index in [4.69, 9.17) is 4.74 Å². The van der Waals surface area contributed by atoms with Gasteiger partial charge in [-0.3, -0.25) is 14.5 Å². The minimum Gasteiger partial charge on any atom is -0.497 e. The number of nitrogens with one attached hydrogen (secondary N) is 2. The van der Waals surface area contributed by atoms with Gasteiger partial charge in [0.05, 0.1) is 13.7 Å². The summed E-state index contributed by atoms with van der Waals surface area (Å²) >= 11 is 0. The molecular weight excluding hydrogens is 378 g/mol. The highest BCUT2D eigenvalue weighted by Crippen LogP contribution is 2.35. The molecule has 2 atom stereocenters. The first-order chi connectivity index (χ1) is 14.6. The fourth-order valence-corrected chi connectivity index (χ4v) is 5.01. The highest BCUT2D eigenvalue weighted by atomic mass is 16.5. The van der Waals surface area contributed by atoms with Crippen LogP contribution in [0.4, 0.5) is 0 Å². The highest BCUT2D eigenvalue weighted by Gasteiger charge is 2.30. The zero-order chi connectivity index (χ0) is 21.3. The van der Waals surface area contributed by atoms with E-state index in [1.165, 1.54) is 24.8 Å². The van der Waals surface area contributed by atoms with Gasteiger partial charge in [0.25, 0.3) is 0 Å². The number of rotatable bonds is 8. The Morgan fingerprint density at radius 2 is 1.73 bits per heavy atom. The molecule has 1 aliphatic heterocycles. The fourth-order valence-electron chi connectivity index (χ4n) is 5.01. The van der Waals surface area contributed by atoms with Crippen LogP contribution in [0.1, 0.15) is 63.0 Å². The number of likely N-dealkylation sites (tertiary alicyclic amines) is 1. The maximum atomic E-state index is 12.3. The summed E-state index contributed by atoms with van der Waals surface area (Å²) in [5, 5.41) is 5.86. The number of amides is 2. The van der Waals surface area contributed by atoms with Crippen LogP contribution in [0.3, 0.4) is 0 Å². The molecule has 2 aliphatic rings. The summed E-state index contributed by atoms with van der Waals surface area (Å²) in [6.45, 7) is 1.75. The first-order valence-electron chi connectivity index (χ1n) is 11.4. The van der Waals surface area contributed by atoms with E-state index in [0.717, 1.165) is 38.0 Å². The molecule has 0 bridgehead atoms. The van der Waals surface area contributed by atoms with Crippen molar-refractivity contribution in [3.05, 3.63) is 29.8 Å². The number of methoxy groups -OCH3 is 1. The zero-order valence-corrected chi connectivity index (χ0v) is 18.5. The third-order valence-electron chi connectivity index (χ3n) is 6.67. The van der Waals surface area contributed by atoms with E-state index in [1.54, 1.807) is 7.11 Å². The maximum Gasteiger partial charge on any atom is 0.239 e. The molecule has 1 aliphatic carbocycles. The number of carbonyl (C=O) groups is 2. The molecule has 0 aromatic heterocycles. The minimum atomic E-state index is -0.103. The van der Waals surface area contributed by atoms with Gasteiger partial charge in [-0.2, -0.15) is 0 Å². The Balaban J connectivity index is 1.46. The van der Waals surface area contributed by atoms with Crippen molar-refractivity contribution in [1.82, 2.24) is 15.5 Å². The summed E-state index contributed by atoms with van der Waals surface area (Å²) in [5.41, 5.74) is 1.25. The van der Waals surface area contributed by atoms with Crippen molar-refractivity contribution >= 4 is 11.8 Å². The molecule has 3 rings (SSSR count). The van der Waals surface area contributed by atoms with Crippen LogP contribution in [-0.4, -0.2) is 50.5 Å². The number of piperidine rings is 1. The number of ether oxygens (including phenoxy) is 1. The van der Waals surface area contributed by atoms with Crippen molar-refractivity contribution in [1.29, 1.82) is 0 Å². The molecule has 166 valence electrons. The van der Waals surface area contributed by atoms with Gasteiger partial charge in [-0.25, -0.2) is 0 Å². The molecule has 1 aromatic rings. The Morgan fingerprint density at radius 1 is 1.00 bits per heavy atom. The summed E-state index contributed by atoms with van der Waals surface area (Å²) in [4.78, 5) is 26.8. The van der Waals surface area contributed by atoms with Crippen LogP contribution in [0.25, 0.3) is 0 Å². The summed E-state index contributed by atoms with van der Waals surface area (Å²) in [6.07, 6.45) is 8.78. The monoisotopic (exact) mass is 415 g/mol. The average Bonchev–Trinajstić information content (AvgIpc) is 2.77. The first-order valence-corrected chi connectivity index (χ1v) is 11.4. The second-order valence-electron chi connectivity index (χ2n) is 8.89. The van der Waals surface area contributed by atoms with Crippen LogP contribution in [0.5, 0.6) is 5.75 Å². The van der Waals surface area contributed by atoms with Crippen molar-refractivity contribution in [2.24, 2.45) is 11.8 Å². The molecule has 1 heterocycles. The van der Waals surface area contributed by atoms with Crippen molar-refractivity contribution in [3.8, 4) is 5.75 Å². The second kappa shape index (κ2) is 11.3. The Kier molecular flexibility index (Phi) is 8.55. The quantitative estimate of drug-likeness (QED) is 0.684. The lowest BCUT2D eigenvalue weighted by Crippen LogP contribution is -2.44. The lowest BCUT2D eigenvalue weighted by Gasteiger charge is -2.39. The van der Waals surface area contributed by atoms with Crippen LogP contribution in [0, 0.1) is 11.8 Å². The second-order valence-corrected chi connectivity index (χ2v) is 8.89. The van der Waals surface area contributed by atoms with Crippen LogP contribution < -0.4 is 15.4 Å². The topological polar surface area (TPSA) is 70.7 Å². The molecule has 0 spiro atoms. The molecule has 6 nitrogen and oxygen atoms in total. The van der Waals surface area contributed by atoms with Crippen molar-refractivity contribution < 1.29 is 14.3 Å². The largest absolute Gasteiger partial charge is 0.497 e. The molecule has 1 saturated heterocycles. The van der Waals surface area contributed by atoms with Gasteiger partial charge >= 0.3 is 0 Å². The third kappa shape index (κ3) is 6.46. The van der Waals surface area contributed by atoms with Crippen LogP contribution in [0.15, 0.2) is 24.3 Å². The molecule has 1 saturated carbocycles. The lowest BCUT2D eigenvalue weighted by atomic mass is 9.85. The Hall–Kier alpha value is -2.08. The Labute approximate surface area is 180 Å². The zero-order valence-electron chi connectivity index (χ0n) is 18.5. The Morgan fingerprint density at radius 3 is 2.43 bits per heavy atom. The molecule has 2 N–H and O–H groups in total. The number of hydrogen-bond donors (Lipinski definition) is 2. The normalized spacial score (nSPS) is 23.0. The van der Waals surface area contributed by atoms with Gasteiger partial charge in [-0.05, 0) is 68.8 Å². The number of hydrogen-bond acceptors (Lipinski definition) is 4. The van der Waals surface area contributed by atoms with E-state index in [2.05, 4.69) is 34.7 Å². The van der Waals surface area contributed by atoms with E-state index in [-0.39, 0.29) is 24.4 Å². The van der Waals surface area contributed by atoms with Gasteiger partial charge < -0.3 is 15.4 Å². The van der Waals surface area contributed by atoms with Crippen LogP contribution in [-0.2, 0) is 9.59 Å². The van der Waals surface area contributed by atoms with Gasteiger partial charge in [0.1, 0.15) is 5.75 Å². The molecule has 2 fully saturated rings. The number of carbonyl (C=O) groups excluding carboxylic acids is 2. The number of benzene rings is 1. The fraction of sp³-hybridized carbons (Fsp3) is 0.667. The summed E-state index contributed by atoms with van der Waals surface area (Å²) in [6, 6.07) is 8.49. The highest BCUT2D eigenvalue weighted by molar-refractivity contribution is 5.84. The van der Waals surface area contributed by atoms with Crippen molar-refractivity contribution in [3.63, 3.8) is 0 Å². The summed E-state index contributed by atoms with van der Waals surface area (Å²) in [5.74, 6) is 1.59. The SMILES string of the molecule is COc1ccc(C2C(CNC(=O)CNC(=O)CC3CCCCC3)CCCN2C)cc1. The van der Waals surface area contributed by atoms with E-state index >= 15 is 0 Å². The van der Waals surface area contributed by atoms with E-state index in [0.29, 0.717) is 24.8 Å². The van der Waals surface area contributed by atoms with Gasteiger partial charge in [-0.1, -0.05) is 31.4 Å². The van der Waals surface area contributed by atoms with Crippen molar-refractivity contribution in [2.45, 2.75) is 57.4 Å². The number of nitrogens with zero attached hydrogens (tertiary/aromatic N) is 1.